The van der Waals surface area contributed by atoms with Crippen LogP contribution < -0.4 is 5.32 Å². The van der Waals surface area contributed by atoms with Crippen LogP contribution in [0, 0.1) is 18.6 Å². The van der Waals surface area contributed by atoms with Gasteiger partial charge in [-0.1, -0.05) is 25.1 Å². The van der Waals surface area contributed by atoms with Crippen LogP contribution in [0.4, 0.5) is 8.78 Å². The molecule has 0 fully saturated rings. The third kappa shape index (κ3) is 3.85. The number of aromatic nitrogens is 1. The van der Waals surface area contributed by atoms with E-state index in [1.165, 1.54) is 0 Å². The van der Waals surface area contributed by atoms with Crippen LogP contribution in [0.3, 0.4) is 0 Å². The lowest BCUT2D eigenvalue weighted by molar-refractivity contribution is 0.476. The van der Waals surface area contributed by atoms with E-state index in [2.05, 4.69) is 17.2 Å². The Hall–Kier alpha value is -1.81. The minimum Gasteiger partial charge on any atom is -0.310 e. The normalized spacial score (nSPS) is 12.4. The van der Waals surface area contributed by atoms with E-state index in [4.69, 9.17) is 0 Å². The lowest BCUT2D eigenvalue weighted by Gasteiger charge is -2.21. The van der Waals surface area contributed by atoms with E-state index in [1.54, 1.807) is 18.3 Å². The van der Waals surface area contributed by atoms with Crippen molar-refractivity contribution < 1.29 is 8.78 Å². The van der Waals surface area contributed by atoms with Gasteiger partial charge in [-0.25, -0.2) is 8.78 Å². The Morgan fingerprint density at radius 3 is 2.71 bits per heavy atom. The Bertz CT molecular complexity index is 599. The van der Waals surface area contributed by atoms with E-state index < -0.39 is 11.6 Å². The zero-order valence-corrected chi connectivity index (χ0v) is 12.4. The minimum absolute atomic E-state index is 0.0741. The molecule has 1 aromatic carbocycles. The fraction of sp³-hybridized carbons (Fsp3) is 0.353. The van der Waals surface area contributed by atoms with Gasteiger partial charge in [0, 0.05) is 17.9 Å². The zero-order valence-electron chi connectivity index (χ0n) is 12.4. The highest BCUT2D eigenvalue weighted by Crippen LogP contribution is 2.23. The monoisotopic (exact) mass is 290 g/mol. The number of aryl methyl sites for hydroxylation is 1. The van der Waals surface area contributed by atoms with Gasteiger partial charge < -0.3 is 5.32 Å². The second-order valence-electron chi connectivity index (χ2n) is 5.10. The number of rotatable bonds is 6. The van der Waals surface area contributed by atoms with Gasteiger partial charge in [-0.05, 0) is 49.6 Å². The van der Waals surface area contributed by atoms with E-state index in [1.807, 2.05) is 19.1 Å². The zero-order chi connectivity index (χ0) is 15.2. The Labute approximate surface area is 124 Å². The summed E-state index contributed by atoms with van der Waals surface area (Å²) in [6.45, 7) is 4.82. The van der Waals surface area contributed by atoms with Crippen LogP contribution in [-0.4, -0.2) is 11.5 Å². The summed E-state index contributed by atoms with van der Waals surface area (Å²) in [5.41, 5.74) is 2.31. The lowest BCUT2D eigenvalue weighted by atomic mass is 9.97. The molecule has 0 aliphatic carbocycles. The average molecular weight is 290 g/mol. The SMILES string of the molecule is CCCNC(Cc1cccc(F)c1F)c1cccnc1C. The quantitative estimate of drug-likeness (QED) is 0.871. The average Bonchev–Trinajstić information content (AvgIpc) is 2.48. The van der Waals surface area contributed by atoms with E-state index in [0.717, 1.165) is 30.3 Å². The van der Waals surface area contributed by atoms with E-state index in [9.17, 15) is 8.78 Å². The molecule has 21 heavy (non-hydrogen) atoms. The number of nitrogens with zero attached hydrogens (tertiary/aromatic N) is 1. The van der Waals surface area contributed by atoms with E-state index in [0.29, 0.717) is 12.0 Å². The predicted molar refractivity (Wildman–Crippen MR) is 80.1 cm³/mol. The fourth-order valence-corrected chi connectivity index (χ4v) is 2.40. The van der Waals surface area contributed by atoms with E-state index >= 15 is 0 Å². The van der Waals surface area contributed by atoms with Gasteiger partial charge >= 0.3 is 0 Å². The van der Waals surface area contributed by atoms with Crippen molar-refractivity contribution in [1.82, 2.24) is 10.3 Å². The third-order valence-corrected chi connectivity index (χ3v) is 3.52. The number of hydrogen-bond acceptors (Lipinski definition) is 2. The maximum atomic E-state index is 13.9. The van der Waals surface area contributed by atoms with Crippen molar-refractivity contribution in [2.45, 2.75) is 32.7 Å². The molecule has 1 N–H and O–H groups in total. The molecule has 0 saturated heterocycles. The summed E-state index contributed by atoms with van der Waals surface area (Å²) in [5.74, 6) is -1.56. The highest BCUT2D eigenvalue weighted by molar-refractivity contribution is 5.27. The van der Waals surface area contributed by atoms with Crippen LogP contribution >= 0.6 is 0 Å². The summed E-state index contributed by atoms with van der Waals surface area (Å²) in [6.07, 6.45) is 3.11. The first-order valence-corrected chi connectivity index (χ1v) is 7.21. The number of pyridine rings is 1. The molecule has 0 saturated carbocycles. The molecule has 0 radical (unpaired) electrons. The largest absolute Gasteiger partial charge is 0.310 e. The first-order valence-electron chi connectivity index (χ1n) is 7.21. The Kier molecular flexibility index (Phi) is 5.39. The maximum absolute atomic E-state index is 13.9. The van der Waals surface area contributed by atoms with Crippen molar-refractivity contribution in [3.8, 4) is 0 Å². The molecule has 0 bridgehead atoms. The molecule has 2 rings (SSSR count). The summed E-state index contributed by atoms with van der Waals surface area (Å²) >= 11 is 0. The molecule has 0 aliphatic heterocycles. The minimum atomic E-state index is -0.801. The molecule has 2 aromatic rings. The summed E-state index contributed by atoms with van der Waals surface area (Å²) in [6, 6.07) is 8.08. The molecule has 112 valence electrons. The van der Waals surface area contributed by atoms with Gasteiger partial charge in [0.05, 0.1) is 0 Å². The molecule has 2 nitrogen and oxygen atoms in total. The first kappa shape index (κ1) is 15.6. The topological polar surface area (TPSA) is 24.9 Å². The molecule has 0 amide bonds. The van der Waals surface area contributed by atoms with Crippen molar-refractivity contribution in [2.75, 3.05) is 6.54 Å². The Morgan fingerprint density at radius 2 is 2.00 bits per heavy atom. The van der Waals surface area contributed by atoms with Crippen molar-refractivity contribution in [2.24, 2.45) is 0 Å². The maximum Gasteiger partial charge on any atom is 0.162 e. The molecule has 4 heteroatoms. The first-order chi connectivity index (χ1) is 10.1. The Morgan fingerprint density at radius 1 is 1.19 bits per heavy atom. The van der Waals surface area contributed by atoms with Crippen molar-refractivity contribution in [1.29, 1.82) is 0 Å². The summed E-state index contributed by atoms with van der Waals surface area (Å²) in [4.78, 5) is 4.28. The van der Waals surface area contributed by atoms with Crippen LogP contribution in [0.25, 0.3) is 0 Å². The lowest BCUT2D eigenvalue weighted by Crippen LogP contribution is -2.25. The molecular weight excluding hydrogens is 270 g/mol. The van der Waals surface area contributed by atoms with Crippen molar-refractivity contribution in [3.05, 3.63) is 65.0 Å². The van der Waals surface area contributed by atoms with Gasteiger partial charge in [-0.15, -0.1) is 0 Å². The van der Waals surface area contributed by atoms with E-state index in [-0.39, 0.29) is 6.04 Å². The smallest absolute Gasteiger partial charge is 0.162 e. The van der Waals surface area contributed by atoms with Crippen molar-refractivity contribution >= 4 is 0 Å². The number of nitrogens with one attached hydrogen (secondary N) is 1. The van der Waals surface area contributed by atoms with Gasteiger partial charge in [-0.2, -0.15) is 0 Å². The standard InChI is InChI=1S/C17H20F2N2/c1-3-9-21-16(14-7-5-10-20-12(14)2)11-13-6-4-8-15(18)17(13)19/h4-8,10,16,21H,3,9,11H2,1-2H3. The predicted octanol–water partition coefficient (Wildman–Crippen LogP) is 3.95. The van der Waals surface area contributed by atoms with Gasteiger partial charge in [0.2, 0.25) is 0 Å². The van der Waals surface area contributed by atoms with Crippen LogP contribution in [0.2, 0.25) is 0 Å². The van der Waals surface area contributed by atoms with Crippen molar-refractivity contribution in [3.63, 3.8) is 0 Å². The number of benzene rings is 1. The second kappa shape index (κ2) is 7.27. The van der Waals surface area contributed by atoms with Gasteiger partial charge in [0.1, 0.15) is 0 Å². The molecular formula is C17H20F2N2. The Balaban J connectivity index is 2.28. The van der Waals surface area contributed by atoms with Gasteiger partial charge in [0.15, 0.2) is 11.6 Å². The molecule has 1 heterocycles. The molecule has 1 atom stereocenters. The highest BCUT2D eigenvalue weighted by Gasteiger charge is 2.17. The molecule has 0 aliphatic rings. The van der Waals surface area contributed by atoms with Crippen LogP contribution in [0.1, 0.15) is 36.2 Å². The fourth-order valence-electron chi connectivity index (χ4n) is 2.40. The van der Waals surface area contributed by atoms with Crippen LogP contribution in [-0.2, 0) is 6.42 Å². The number of halogens is 2. The highest BCUT2D eigenvalue weighted by atomic mass is 19.2. The van der Waals surface area contributed by atoms with Crippen LogP contribution in [0.5, 0.6) is 0 Å². The molecule has 1 aromatic heterocycles. The third-order valence-electron chi connectivity index (χ3n) is 3.52. The van der Waals surface area contributed by atoms with Gasteiger partial charge in [-0.3, -0.25) is 4.98 Å². The van der Waals surface area contributed by atoms with Gasteiger partial charge in [0.25, 0.3) is 0 Å². The second-order valence-corrected chi connectivity index (χ2v) is 5.10. The summed E-state index contributed by atoms with van der Waals surface area (Å²) < 4.78 is 27.2. The summed E-state index contributed by atoms with van der Waals surface area (Å²) in [7, 11) is 0. The molecule has 1 unspecified atom stereocenters. The number of hydrogen-bond donors (Lipinski definition) is 1. The van der Waals surface area contributed by atoms with Crippen LogP contribution in [0.15, 0.2) is 36.5 Å². The molecule has 0 spiro atoms. The summed E-state index contributed by atoms with van der Waals surface area (Å²) in [5, 5.41) is 3.39.